The van der Waals surface area contributed by atoms with Gasteiger partial charge >= 0.3 is 0 Å². The Bertz CT molecular complexity index is 519. The molecule has 0 bridgehead atoms. The summed E-state index contributed by atoms with van der Waals surface area (Å²) in [7, 11) is 0. The smallest absolute Gasteiger partial charge is 0.0845 e. The fourth-order valence-corrected chi connectivity index (χ4v) is 3.65. The Kier molecular flexibility index (Phi) is 4.83. The molecule has 1 unspecified atom stereocenters. The molecule has 0 amide bonds. The summed E-state index contributed by atoms with van der Waals surface area (Å²) in [6.45, 7) is 11.1. The van der Waals surface area contributed by atoms with Crippen molar-refractivity contribution in [3.8, 4) is 0 Å². The highest BCUT2D eigenvalue weighted by molar-refractivity contribution is 5.59. The Labute approximate surface area is 140 Å². The number of aliphatic hydroxyl groups is 1. The molecule has 3 rings (SSSR count). The molecule has 23 heavy (non-hydrogen) atoms. The van der Waals surface area contributed by atoms with Crippen molar-refractivity contribution in [1.82, 2.24) is 4.90 Å². The number of hydrogen-bond donors (Lipinski definition) is 2. The van der Waals surface area contributed by atoms with Crippen molar-refractivity contribution >= 4 is 11.4 Å². The van der Waals surface area contributed by atoms with Crippen molar-refractivity contribution in [2.75, 3.05) is 36.4 Å². The summed E-state index contributed by atoms with van der Waals surface area (Å²) in [5, 5.41) is 14.0. The Morgan fingerprint density at radius 2 is 1.78 bits per heavy atom. The van der Waals surface area contributed by atoms with Crippen LogP contribution in [-0.2, 0) is 0 Å². The van der Waals surface area contributed by atoms with Gasteiger partial charge in [0.05, 0.1) is 11.6 Å². The largest absolute Gasteiger partial charge is 0.388 e. The second-order valence-electron chi connectivity index (χ2n) is 7.49. The number of rotatable bonds is 5. The summed E-state index contributed by atoms with van der Waals surface area (Å²) in [4.78, 5) is 5.00. The summed E-state index contributed by atoms with van der Waals surface area (Å²) in [5.74, 6) is 0. The lowest BCUT2D eigenvalue weighted by Crippen LogP contribution is -2.50. The highest BCUT2D eigenvalue weighted by Gasteiger charge is 2.39. The average molecular weight is 317 g/mol. The first-order valence-electron chi connectivity index (χ1n) is 9.06. The van der Waals surface area contributed by atoms with Crippen LogP contribution in [0.3, 0.4) is 0 Å². The van der Waals surface area contributed by atoms with Gasteiger partial charge in [0.25, 0.3) is 0 Å². The molecule has 4 heteroatoms. The van der Waals surface area contributed by atoms with Gasteiger partial charge in [-0.2, -0.15) is 0 Å². The van der Waals surface area contributed by atoms with Gasteiger partial charge < -0.3 is 15.3 Å². The molecule has 128 valence electrons. The van der Waals surface area contributed by atoms with Crippen molar-refractivity contribution in [3.63, 3.8) is 0 Å². The van der Waals surface area contributed by atoms with Gasteiger partial charge in [0.2, 0.25) is 0 Å². The predicted molar refractivity (Wildman–Crippen MR) is 97.2 cm³/mol. The van der Waals surface area contributed by atoms with Gasteiger partial charge in [-0.05, 0) is 58.2 Å². The van der Waals surface area contributed by atoms with E-state index in [0.29, 0.717) is 6.04 Å². The lowest BCUT2D eigenvalue weighted by molar-refractivity contribution is -0.0448. The molecular weight excluding hydrogens is 286 g/mol. The van der Waals surface area contributed by atoms with Crippen molar-refractivity contribution < 1.29 is 5.11 Å². The molecule has 2 N–H and O–H groups in total. The first kappa shape index (κ1) is 16.6. The third-order valence-corrected chi connectivity index (χ3v) is 5.66. The molecule has 1 aromatic carbocycles. The van der Waals surface area contributed by atoms with Crippen molar-refractivity contribution in [2.24, 2.45) is 0 Å². The van der Waals surface area contributed by atoms with E-state index < -0.39 is 5.60 Å². The quantitative estimate of drug-likeness (QED) is 0.876. The lowest BCUT2D eigenvalue weighted by atomic mass is 9.75. The molecule has 1 aliphatic carbocycles. The highest BCUT2D eigenvalue weighted by atomic mass is 16.3. The summed E-state index contributed by atoms with van der Waals surface area (Å²) in [5.41, 5.74) is 1.88. The van der Waals surface area contributed by atoms with Crippen molar-refractivity contribution in [3.05, 3.63) is 24.3 Å². The average Bonchev–Trinajstić information content (AvgIpc) is 2.53. The minimum Gasteiger partial charge on any atom is -0.388 e. The van der Waals surface area contributed by atoms with Crippen LogP contribution in [0.1, 0.15) is 40.0 Å². The summed E-state index contributed by atoms with van der Waals surface area (Å²) >= 11 is 0. The minimum atomic E-state index is -0.515. The van der Waals surface area contributed by atoms with Crippen LogP contribution < -0.4 is 10.2 Å². The van der Waals surface area contributed by atoms with E-state index in [9.17, 15) is 5.11 Å². The monoisotopic (exact) mass is 317 g/mol. The molecule has 1 saturated carbocycles. The van der Waals surface area contributed by atoms with E-state index in [2.05, 4.69) is 60.2 Å². The molecule has 1 aromatic rings. The number of nitrogens with one attached hydrogen (secondary N) is 1. The molecule has 0 radical (unpaired) electrons. The Morgan fingerprint density at radius 1 is 1.09 bits per heavy atom. The van der Waals surface area contributed by atoms with Gasteiger partial charge in [0.1, 0.15) is 0 Å². The second-order valence-corrected chi connectivity index (χ2v) is 7.49. The molecule has 2 fully saturated rings. The van der Waals surface area contributed by atoms with Crippen LogP contribution in [0.25, 0.3) is 0 Å². The Balaban J connectivity index is 1.61. The van der Waals surface area contributed by atoms with Crippen molar-refractivity contribution in [1.29, 1.82) is 0 Å². The number of nitrogens with zero attached hydrogens (tertiary/aromatic N) is 2. The standard InChI is InChI=1S/C19H31N3O/c1-15(2)21-10-12-22(13-11-21)18-7-4-6-17(14-18)20-16(3)19(23)8-5-9-19/h4,6-7,14-16,20,23H,5,8-13H2,1-3H3. The van der Waals surface area contributed by atoms with Crippen LogP contribution >= 0.6 is 0 Å². The predicted octanol–water partition coefficient (Wildman–Crippen LogP) is 2.93. The molecule has 4 nitrogen and oxygen atoms in total. The normalized spacial score (nSPS) is 22.7. The van der Waals surface area contributed by atoms with Crippen LogP contribution in [0.5, 0.6) is 0 Å². The maximum Gasteiger partial charge on any atom is 0.0845 e. The first-order chi connectivity index (χ1) is 11.0. The van der Waals surface area contributed by atoms with Gasteiger partial charge in [0, 0.05) is 43.6 Å². The van der Waals surface area contributed by atoms with Crippen LogP contribution in [-0.4, -0.2) is 53.9 Å². The molecule has 0 aromatic heterocycles. The molecule has 1 heterocycles. The summed E-state index contributed by atoms with van der Waals surface area (Å²) < 4.78 is 0. The Morgan fingerprint density at radius 3 is 2.35 bits per heavy atom. The van der Waals surface area contributed by atoms with E-state index in [-0.39, 0.29) is 6.04 Å². The van der Waals surface area contributed by atoms with Gasteiger partial charge in [-0.1, -0.05) is 6.07 Å². The van der Waals surface area contributed by atoms with E-state index >= 15 is 0 Å². The first-order valence-corrected chi connectivity index (χ1v) is 9.06. The van der Waals surface area contributed by atoms with E-state index in [1.165, 1.54) is 5.69 Å². The zero-order valence-corrected chi connectivity index (χ0v) is 14.8. The molecule has 0 spiro atoms. The van der Waals surface area contributed by atoms with Crippen LogP contribution in [0.15, 0.2) is 24.3 Å². The van der Waals surface area contributed by atoms with Gasteiger partial charge in [-0.15, -0.1) is 0 Å². The van der Waals surface area contributed by atoms with E-state index in [1.54, 1.807) is 0 Å². The fourth-order valence-electron chi connectivity index (χ4n) is 3.65. The van der Waals surface area contributed by atoms with Crippen LogP contribution in [0, 0.1) is 0 Å². The Hall–Kier alpha value is -1.26. The summed E-state index contributed by atoms with van der Waals surface area (Å²) in [6, 6.07) is 9.37. The maximum absolute atomic E-state index is 10.5. The molecule has 1 atom stereocenters. The molecule has 1 saturated heterocycles. The van der Waals surface area contributed by atoms with Crippen LogP contribution in [0.4, 0.5) is 11.4 Å². The number of benzene rings is 1. The fraction of sp³-hybridized carbons (Fsp3) is 0.684. The SMILES string of the molecule is CC(C)N1CCN(c2cccc(NC(C)C3(O)CCC3)c2)CC1. The minimum absolute atomic E-state index is 0.101. The number of anilines is 2. The lowest BCUT2D eigenvalue weighted by Gasteiger charge is -2.42. The number of hydrogen-bond acceptors (Lipinski definition) is 4. The molecule has 2 aliphatic rings. The number of piperazine rings is 1. The zero-order chi connectivity index (χ0) is 16.4. The van der Waals surface area contributed by atoms with Crippen molar-refractivity contribution in [2.45, 2.75) is 57.7 Å². The van der Waals surface area contributed by atoms with Crippen LogP contribution in [0.2, 0.25) is 0 Å². The third-order valence-electron chi connectivity index (χ3n) is 5.66. The van der Waals surface area contributed by atoms with Gasteiger partial charge in [-0.25, -0.2) is 0 Å². The van der Waals surface area contributed by atoms with E-state index in [0.717, 1.165) is 51.1 Å². The highest BCUT2D eigenvalue weighted by Crippen LogP contribution is 2.36. The van der Waals surface area contributed by atoms with Gasteiger partial charge in [-0.3, -0.25) is 4.90 Å². The second kappa shape index (κ2) is 6.70. The molecular formula is C19H31N3O. The zero-order valence-electron chi connectivity index (χ0n) is 14.8. The third kappa shape index (κ3) is 3.64. The van der Waals surface area contributed by atoms with E-state index in [1.807, 2.05) is 0 Å². The maximum atomic E-state index is 10.5. The van der Waals surface area contributed by atoms with E-state index in [4.69, 9.17) is 0 Å². The molecule has 1 aliphatic heterocycles. The topological polar surface area (TPSA) is 38.7 Å². The van der Waals surface area contributed by atoms with Gasteiger partial charge in [0.15, 0.2) is 0 Å². The summed E-state index contributed by atoms with van der Waals surface area (Å²) in [6.07, 6.45) is 2.97.